The first kappa shape index (κ1) is 26.2. The van der Waals surface area contributed by atoms with E-state index in [2.05, 4.69) is 120 Å². The quantitative estimate of drug-likeness (QED) is 0.220. The van der Waals surface area contributed by atoms with Crippen LogP contribution in [0.4, 0.5) is 0 Å². The third kappa shape index (κ3) is 4.86. The topological polar surface area (TPSA) is 32.6 Å². The van der Waals surface area contributed by atoms with Crippen LogP contribution < -0.4 is 4.57 Å². The number of nitrogens with one attached hydrogen (secondary N) is 1. The van der Waals surface area contributed by atoms with Crippen LogP contribution in [0.3, 0.4) is 0 Å². The second-order valence-corrected chi connectivity index (χ2v) is 11.5. The number of hydrogen-bond acceptors (Lipinski definition) is 1. The summed E-state index contributed by atoms with van der Waals surface area (Å²) < 4.78 is 2.49. The van der Waals surface area contributed by atoms with Crippen LogP contribution in [0.5, 0.6) is 0 Å². The van der Waals surface area contributed by atoms with Gasteiger partial charge in [-0.05, 0) is 79.1 Å². The van der Waals surface area contributed by atoms with E-state index in [0.29, 0.717) is 5.92 Å². The molecule has 1 unspecified atom stereocenters. The zero-order valence-corrected chi connectivity index (χ0v) is 24.2. The Bertz CT molecular complexity index is 1880. The Kier molecular flexibility index (Phi) is 7.01. The number of fused-ring (bicyclic) bond motifs is 4. The third-order valence-corrected chi connectivity index (χ3v) is 8.93. The van der Waals surface area contributed by atoms with Crippen molar-refractivity contribution >= 4 is 17.0 Å². The molecular weight excluding hydrogens is 510 g/mol. The van der Waals surface area contributed by atoms with Gasteiger partial charge in [0.1, 0.15) is 6.54 Å². The zero-order chi connectivity index (χ0) is 28.5. The van der Waals surface area contributed by atoms with Gasteiger partial charge in [0.15, 0.2) is 6.20 Å². The van der Waals surface area contributed by atoms with Crippen LogP contribution in [0.25, 0.3) is 50.6 Å². The van der Waals surface area contributed by atoms with Crippen molar-refractivity contribution in [1.82, 2.24) is 9.97 Å². The molecule has 7 rings (SSSR count). The van der Waals surface area contributed by atoms with Gasteiger partial charge in [0, 0.05) is 52.0 Å². The third-order valence-electron chi connectivity index (χ3n) is 8.93. The Morgan fingerprint density at radius 2 is 1.69 bits per heavy atom. The molecule has 0 radical (unpaired) electrons. The molecule has 0 saturated carbocycles. The summed E-state index contributed by atoms with van der Waals surface area (Å²) in [5.74, 6) is 0.445. The predicted octanol–water partition coefficient (Wildman–Crippen LogP) is 9.31. The van der Waals surface area contributed by atoms with Gasteiger partial charge in [0.05, 0.1) is 11.3 Å². The average Bonchev–Trinajstić information content (AvgIpc) is 3.36. The van der Waals surface area contributed by atoms with E-state index in [0.717, 1.165) is 37.9 Å². The molecule has 0 amide bonds. The maximum atomic E-state index is 4.72. The number of pyridine rings is 2. The van der Waals surface area contributed by atoms with Gasteiger partial charge in [-0.1, -0.05) is 73.3 Å². The molecule has 0 bridgehead atoms. The lowest BCUT2D eigenvalue weighted by molar-refractivity contribution is -0.686. The highest BCUT2D eigenvalue weighted by molar-refractivity contribution is 5.94. The van der Waals surface area contributed by atoms with E-state index < -0.39 is 0 Å². The van der Waals surface area contributed by atoms with Crippen molar-refractivity contribution in [2.45, 2.75) is 45.1 Å². The highest BCUT2D eigenvalue weighted by Gasteiger charge is 2.25. The molecule has 0 spiro atoms. The highest BCUT2D eigenvalue weighted by atomic mass is 15.0. The fraction of sp³-hybridized carbons (Fsp3) is 0.179. The van der Waals surface area contributed by atoms with Crippen molar-refractivity contribution in [2.75, 3.05) is 0 Å². The van der Waals surface area contributed by atoms with E-state index in [1.54, 1.807) is 0 Å². The Balaban J connectivity index is 1.36. The first-order valence-corrected chi connectivity index (χ1v) is 15.1. The summed E-state index contributed by atoms with van der Waals surface area (Å²) in [7, 11) is 0. The number of nitrogens with zero attached hydrogens (tertiary/aromatic N) is 2. The van der Waals surface area contributed by atoms with Gasteiger partial charge in [-0.3, -0.25) is 4.98 Å². The summed E-state index contributed by atoms with van der Waals surface area (Å²) in [5, 5.41) is 1.24. The van der Waals surface area contributed by atoms with Crippen molar-refractivity contribution in [2.24, 2.45) is 0 Å². The lowest BCUT2D eigenvalue weighted by Crippen LogP contribution is -2.37. The minimum Gasteiger partial charge on any atom is -0.358 e. The fourth-order valence-corrected chi connectivity index (χ4v) is 6.83. The van der Waals surface area contributed by atoms with Gasteiger partial charge in [-0.25, -0.2) is 0 Å². The summed E-state index contributed by atoms with van der Waals surface area (Å²) in [4.78, 5) is 8.35. The van der Waals surface area contributed by atoms with Crippen LogP contribution in [0.15, 0.2) is 116 Å². The maximum absolute atomic E-state index is 4.72. The van der Waals surface area contributed by atoms with E-state index in [9.17, 15) is 0 Å². The number of aryl methyl sites for hydroxylation is 3. The molecule has 6 aromatic rings. The molecule has 3 aromatic carbocycles. The van der Waals surface area contributed by atoms with Crippen molar-refractivity contribution in [3.63, 3.8) is 0 Å². The van der Waals surface area contributed by atoms with Crippen molar-refractivity contribution < 1.29 is 4.57 Å². The van der Waals surface area contributed by atoms with Crippen LogP contribution in [0.1, 0.15) is 47.6 Å². The molecule has 1 N–H and O–H groups in total. The molecule has 4 heterocycles. The SMILES string of the molecule is C=Cc1c(C)[nH]c2cc3c(cc12)-c1ccc(-c2ccccc2)c[n+]1CCCC(c1ccccc1-c1ccccn1)CC3. The summed E-state index contributed by atoms with van der Waals surface area (Å²) in [5.41, 5.74) is 13.8. The molecule has 3 aromatic heterocycles. The van der Waals surface area contributed by atoms with E-state index in [4.69, 9.17) is 4.98 Å². The van der Waals surface area contributed by atoms with Crippen LogP contribution in [0, 0.1) is 6.92 Å². The normalized spacial score (nSPS) is 15.1. The molecule has 0 aliphatic carbocycles. The average molecular weight is 547 g/mol. The van der Waals surface area contributed by atoms with Gasteiger partial charge in [-0.15, -0.1) is 0 Å². The number of aromatic amines is 1. The number of rotatable bonds is 4. The molecule has 1 aliphatic heterocycles. The Hall–Kier alpha value is -4.76. The summed E-state index contributed by atoms with van der Waals surface area (Å²) >= 11 is 0. The maximum Gasteiger partial charge on any atom is 0.212 e. The number of hydrogen-bond donors (Lipinski definition) is 1. The van der Waals surface area contributed by atoms with Crippen molar-refractivity contribution in [1.29, 1.82) is 0 Å². The first-order chi connectivity index (χ1) is 20.7. The summed E-state index contributed by atoms with van der Waals surface area (Å²) in [6.45, 7) is 7.23. The second-order valence-electron chi connectivity index (χ2n) is 11.5. The van der Waals surface area contributed by atoms with E-state index >= 15 is 0 Å². The van der Waals surface area contributed by atoms with Gasteiger partial charge >= 0.3 is 0 Å². The zero-order valence-electron chi connectivity index (χ0n) is 24.2. The number of aromatic nitrogens is 3. The molecule has 3 nitrogen and oxygen atoms in total. The number of benzene rings is 3. The van der Waals surface area contributed by atoms with E-state index in [-0.39, 0.29) is 0 Å². The van der Waals surface area contributed by atoms with Gasteiger partial charge in [-0.2, -0.15) is 4.57 Å². The van der Waals surface area contributed by atoms with Crippen molar-refractivity contribution in [3.05, 3.63) is 138 Å². The molecule has 0 fully saturated rings. The predicted molar refractivity (Wildman–Crippen MR) is 174 cm³/mol. The lowest BCUT2D eigenvalue weighted by atomic mass is 9.83. The standard InChI is InChI=1S/C39H35N3/c1-3-32-27(2)41-38-24-30-19-18-29(33-15-7-8-16-34(33)37-17-9-10-22-40-37)14-11-23-42-26-31(28-12-5-4-6-13-28)20-21-39(42)35(30)25-36(32)38/h3-10,12-13,15-17,20-22,24-26,29H,1,11,14,18-19,23H2,2H3/p+1. The minimum absolute atomic E-state index is 0.445. The summed E-state index contributed by atoms with van der Waals surface area (Å²) in [6.07, 6.45) is 10.6. The fourth-order valence-electron chi connectivity index (χ4n) is 6.83. The molecule has 1 atom stereocenters. The lowest BCUT2D eigenvalue weighted by Gasteiger charge is -2.22. The Morgan fingerprint density at radius 3 is 2.52 bits per heavy atom. The molecular formula is C39H36N3+. The first-order valence-electron chi connectivity index (χ1n) is 15.1. The Morgan fingerprint density at radius 1 is 0.857 bits per heavy atom. The van der Waals surface area contributed by atoms with Crippen LogP contribution in [-0.4, -0.2) is 9.97 Å². The number of H-pyrrole nitrogens is 1. The van der Waals surface area contributed by atoms with Crippen molar-refractivity contribution in [3.8, 4) is 33.6 Å². The molecule has 3 heteroatoms. The van der Waals surface area contributed by atoms with E-state index in [1.807, 2.05) is 18.3 Å². The molecule has 0 saturated heterocycles. The molecule has 206 valence electrons. The Labute approximate surface area is 248 Å². The van der Waals surface area contributed by atoms with Crippen LogP contribution >= 0.6 is 0 Å². The molecule has 42 heavy (non-hydrogen) atoms. The van der Waals surface area contributed by atoms with E-state index in [1.165, 1.54) is 61.2 Å². The smallest absolute Gasteiger partial charge is 0.212 e. The molecule has 1 aliphatic rings. The highest BCUT2D eigenvalue weighted by Crippen LogP contribution is 2.38. The van der Waals surface area contributed by atoms with Gasteiger partial charge < -0.3 is 4.98 Å². The minimum atomic E-state index is 0.445. The van der Waals surface area contributed by atoms with Crippen LogP contribution in [-0.2, 0) is 13.0 Å². The largest absolute Gasteiger partial charge is 0.358 e. The summed E-state index contributed by atoms with van der Waals surface area (Å²) in [6, 6.07) is 35.2. The monoisotopic (exact) mass is 546 g/mol. The second kappa shape index (κ2) is 11.3. The van der Waals surface area contributed by atoms with Crippen LogP contribution in [0.2, 0.25) is 0 Å². The van der Waals surface area contributed by atoms with Gasteiger partial charge in [0.25, 0.3) is 0 Å². The van der Waals surface area contributed by atoms with Gasteiger partial charge in [0.2, 0.25) is 5.69 Å².